The van der Waals surface area contributed by atoms with Crippen molar-refractivity contribution in [2.45, 2.75) is 19.3 Å². The summed E-state index contributed by atoms with van der Waals surface area (Å²) in [6, 6.07) is 0. The number of hydrogen-bond acceptors (Lipinski definition) is 4. The summed E-state index contributed by atoms with van der Waals surface area (Å²) < 4.78 is 4.88. The summed E-state index contributed by atoms with van der Waals surface area (Å²) >= 11 is 0. The zero-order valence-corrected chi connectivity index (χ0v) is 11.0. The van der Waals surface area contributed by atoms with Gasteiger partial charge in [-0.15, -0.1) is 0 Å². The molecule has 1 aliphatic rings. The molecule has 0 atom stereocenters. The molecule has 1 fully saturated rings. The van der Waals surface area contributed by atoms with Gasteiger partial charge in [-0.3, -0.25) is 14.9 Å². The van der Waals surface area contributed by atoms with Gasteiger partial charge in [0.25, 0.3) is 0 Å². The van der Waals surface area contributed by atoms with Crippen molar-refractivity contribution in [3.8, 4) is 0 Å². The highest BCUT2D eigenvalue weighted by Gasteiger charge is 2.17. The van der Waals surface area contributed by atoms with Gasteiger partial charge >= 0.3 is 0 Å². The van der Waals surface area contributed by atoms with E-state index in [1.807, 2.05) is 4.90 Å². The molecule has 0 unspecified atom stereocenters. The first-order chi connectivity index (χ1) is 8.74. The van der Waals surface area contributed by atoms with E-state index in [0.717, 1.165) is 32.4 Å². The minimum atomic E-state index is -0.0830. The van der Waals surface area contributed by atoms with Crippen molar-refractivity contribution in [3.63, 3.8) is 0 Å². The van der Waals surface area contributed by atoms with E-state index in [4.69, 9.17) is 4.74 Å². The number of carbonyl (C=O) groups excluding carboxylic acids is 2. The van der Waals surface area contributed by atoms with Crippen molar-refractivity contribution in [1.82, 2.24) is 15.5 Å². The Morgan fingerprint density at radius 2 is 1.94 bits per heavy atom. The quantitative estimate of drug-likeness (QED) is 0.567. The van der Waals surface area contributed by atoms with E-state index in [-0.39, 0.29) is 24.9 Å². The lowest BCUT2D eigenvalue weighted by molar-refractivity contribution is -0.129. The van der Waals surface area contributed by atoms with Crippen LogP contribution in [-0.4, -0.2) is 63.2 Å². The molecule has 18 heavy (non-hydrogen) atoms. The van der Waals surface area contributed by atoms with Crippen LogP contribution >= 0.6 is 0 Å². The molecule has 0 aliphatic carbocycles. The Kier molecular flexibility index (Phi) is 7.36. The number of likely N-dealkylation sites (tertiary alicyclic amines) is 1. The van der Waals surface area contributed by atoms with Crippen LogP contribution in [0.3, 0.4) is 0 Å². The van der Waals surface area contributed by atoms with Gasteiger partial charge in [0.2, 0.25) is 11.8 Å². The number of rotatable bonds is 8. The smallest absolute Gasteiger partial charge is 0.236 e. The molecular weight excluding hydrogens is 234 g/mol. The standard InChI is InChI=1S/C12H23N3O3/c1-18-8-4-5-14-11(16)9-13-10-12(17)15-6-2-3-7-15/h13H,2-10H2,1H3,(H,14,16). The van der Waals surface area contributed by atoms with Crippen molar-refractivity contribution in [3.05, 3.63) is 0 Å². The average molecular weight is 257 g/mol. The summed E-state index contributed by atoms with van der Waals surface area (Å²) in [5.74, 6) is 0.00000739. The number of methoxy groups -OCH3 is 1. The first kappa shape index (κ1) is 14.9. The summed E-state index contributed by atoms with van der Waals surface area (Å²) in [6.45, 7) is 3.38. The monoisotopic (exact) mass is 257 g/mol. The zero-order chi connectivity index (χ0) is 13.2. The van der Waals surface area contributed by atoms with Gasteiger partial charge in [-0.2, -0.15) is 0 Å². The third-order valence-corrected chi connectivity index (χ3v) is 2.87. The molecule has 0 aromatic heterocycles. The van der Waals surface area contributed by atoms with Crippen LogP contribution in [0.2, 0.25) is 0 Å². The molecular formula is C12H23N3O3. The molecule has 0 aromatic carbocycles. The lowest BCUT2D eigenvalue weighted by atomic mass is 10.4. The SMILES string of the molecule is COCCCNC(=O)CNCC(=O)N1CCCC1. The largest absolute Gasteiger partial charge is 0.385 e. The molecule has 0 saturated carbocycles. The van der Waals surface area contributed by atoms with Crippen LogP contribution in [0.15, 0.2) is 0 Å². The second-order valence-corrected chi connectivity index (χ2v) is 4.39. The number of amides is 2. The Bertz CT molecular complexity index is 265. The number of hydrogen-bond donors (Lipinski definition) is 2. The molecule has 1 aliphatic heterocycles. The number of carbonyl (C=O) groups is 2. The molecule has 1 rings (SSSR count). The van der Waals surface area contributed by atoms with Gasteiger partial charge < -0.3 is 15.0 Å². The third-order valence-electron chi connectivity index (χ3n) is 2.87. The minimum Gasteiger partial charge on any atom is -0.385 e. The lowest BCUT2D eigenvalue weighted by Gasteiger charge is -2.15. The molecule has 2 N–H and O–H groups in total. The van der Waals surface area contributed by atoms with Crippen LogP contribution in [0.5, 0.6) is 0 Å². The van der Waals surface area contributed by atoms with E-state index >= 15 is 0 Å². The first-order valence-corrected chi connectivity index (χ1v) is 6.48. The molecule has 0 aromatic rings. The minimum absolute atomic E-state index is 0.0830. The Morgan fingerprint density at radius 1 is 1.22 bits per heavy atom. The fraction of sp³-hybridized carbons (Fsp3) is 0.833. The van der Waals surface area contributed by atoms with Crippen LogP contribution in [0, 0.1) is 0 Å². The maximum absolute atomic E-state index is 11.6. The summed E-state index contributed by atoms with van der Waals surface area (Å²) in [4.78, 5) is 24.8. The van der Waals surface area contributed by atoms with Crippen molar-refractivity contribution >= 4 is 11.8 Å². The van der Waals surface area contributed by atoms with Crippen LogP contribution < -0.4 is 10.6 Å². The van der Waals surface area contributed by atoms with Crippen molar-refractivity contribution in [1.29, 1.82) is 0 Å². The maximum atomic E-state index is 11.6. The van der Waals surface area contributed by atoms with Crippen molar-refractivity contribution in [2.24, 2.45) is 0 Å². The topological polar surface area (TPSA) is 70.7 Å². The van der Waals surface area contributed by atoms with Gasteiger partial charge in [0, 0.05) is 33.4 Å². The Labute approximate surface area is 108 Å². The second kappa shape index (κ2) is 8.88. The number of nitrogens with one attached hydrogen (secondary N) is 2. The molecule has 6 nitrogen and oxygen atoms in total. The van der Waals surface area contributed by atoms with Crippen molar-refractivity contribution < 1.29 is 14.3 Å². The highest BCUT2D eigenvalue weighted by Crippen LogP contribution is 2.06. The van der Waals surface area contributed by atoms with Gasteiger partial charge in [0.15, 0.2) is 0 Å². The number of nitrogens with zero attached hydrogens (tertiary/aromatic N) is 1. The molecule has 1 heterocycles. The predicted octanol–water partition coefficient (Wildman–Crippen LogP) is -0.649. The summed E-state index contributed by atoms with van der Waals surface area (Å²) in [6.07, 6.45) is 2.98. The van der Waals surface area contributed by atoms with Gasteiger partial charge in [-0.05, 0) is 19.3 Å². The molecule has 0 bridgehead atoms. The molecule has 2 amide bonds. The Hall–Kier alpha value is -1.14. The fourth-order valence-electron chi connectivity index (χ4n) is 1.87. The lowest BCUT2D eigenvalue weighted by Crippen LogP contribution is -2.41. The summed E-state index contributed by atoms with van der Waals surface area (Å²) in [5, 5.41) is 5.62. The maximum Gasteiger partial charge on any atom is 0.236 e. The second-order valence-electron chi connectivity index (χ2n) is 4.39. The Balaban J connectivity index is 1.99. The molecule has 0 spiro atoms. The van der Waals surface area contributed by atoms with Crippen LogP contribution in [0.1, 0.15) is 19.3 Å². The van der Waals surface area contributed by atoms with E-state index in [9.17, 15) is 9.59 Å². The predicted molar refractivity (Wildman–Crippen MR) is 68.2 cm³/mol. The van der Waals surface area contributed by atoms with Crippen LogP contribution in [0.25, 0.3) is 0 Å². The van der Waals surface area contributed by atoms with Gasteiger partial charge in [0.05, 0.1) is 13.1 Å². The van der Waals surface area contributed by atoms with E-state index < -0.39 is 0 Å². The van der Waals surface area contributed by atoms with E-state index in [1.54, 1.807) is 7.11 Å². The summed E-state index contributed by atoms with van der Waals surface area (Å²) in [5.41, 5.74) is 0. The summed E-state index contributed by atoms with van der Waals surface area (Å²) in [7, 11) is 1.63. The molecule has 0 radical (unpaired) electrons. The van der Waals surface area contributed by atoms with Gasteiger partial charge in [0.1, 0.15) is 0 Å². The fourth-order valence-corrected chi connectivity index (χ4v) is 1.87. The van der Waals surface area contributed by atoms with Gasteiger partial charge in [-0.25, -0.2) is 0 Å². The van der Waals surface area contributed by atoms with E-state index in [0.29, 0.717) is 13.2 Å². The molecule has 6 heteroatoms. The highest BCUT2D eigenvalue weighted by atomic mass is 16.5. The van der Waals surface area contributed by atoms with Crippen molar-refractivity contribution in [2.75, 3.05) is 46.4 Å². The number of ether oxygens (including phenoxy) is 1. The van der Waals surface area contributed by atoms with Crippen LogP contribution in [-0.2, 0) is 14.3 Å². The Morgan fingerprint density at radius 3 is 2.61 bits per heavy atom. The van der Waals surface area contributed by atoms with E-state index in [1.165, 1.54) is 0 Å². The zero-order valence-electron chi connectivity index (χ0n) is 11.0. The van der Waals surface area contributed by atoms with Gasteiger partial charge in [-0.1, -0.05) is 0 Å². The highest BCUT2D eigenvalue weighted by molar-refractivity contribution is 5.81. The average Bonchev–Trinajstić information content (AvgIpc) is 2.88. The molecule has 1 saturated heterocycles. The van der Waals surface area contributed by atoms with Crippen LogP contribution in [0.4, 0.5) is 0 Å². The third kappa shape index (κ3) is 5.97. The molecule has 104 valence electrons. The van der Waals surface area contributed by atoms with E-state index in [2.05, 4.69) is 10.6 Å². The normalized spacial score (nSPS) is 14.8. The first-order valence-electron chi connectivity index (χ1n) is 6.48.